The van der Waals surface area contributed by atoms with Crippen molar-refractivity contribution in [1.82, 2.24) is 0 Å². The predicted molar refractivity (Wildman–Crippen MR) is 159 cm³/mol. The highest BCUT2D eigenvalue weighted by atomic mass is 14.0. The molecule has 34 heavy (non-hydrogen) atoms. The van der Waals surface area contributed by atoms with E-state index in [1.807, 2.05) is 0 Å². The van der Waals surface area contributed by atoms with Gasteiger partial charge in [0.25, 0.3) is 0 Å². The zero-order valence-corrected chi connectivity index (χ0v) is 24.4. The van der Waals surface area contributed by atoms with Crippen molar-refractivity contribution in [3.63, 3.8) is 0 Å². The van der Waals surface area contributed by atoms with E-state index in [9.17, 15) is 0 Å². The maximum atomic E-state index is 2.31. The van der Waals surface area contributed by atoms with Gasteiger partial charge in [0, 0.05) is 0 Å². The highest BCUT2D eigenvalue weighted by Gasteiger charge is 1.96. The molecule has 0 heterocycles. The molecule has 0 spiro atoms. The van der Waals surface area contributed by atoms with E-state index in [4.69, 9.17) is 0 Å². The Hall–Kier alpha value is -0.260. The van der Waals surface area contributed by atoms with E-state index in [0.29, 0.717) is 0 Å². The molecule has 0 aliphatic rings. The van der Waals surface area contributed by atoms with Crippen molar-refractivity contribution in [3.8, 4) is 0 Å². The maximum absolute atomic E-state index is 2.31. The summed E-state index contributed by atoms with van der Waals surface area (Å²) in [7, 11) is 0. The van der Waals surface area contributed by atoms with Crippen LogP contribution in [0, 0.1) is 0 Å². The van der Waals surface area contributed by atoms with Crippen molar-refractivity contribution in [2.45, 2.75) is 206 Å². The third-order valence-electron chi connectivity index (χ3n) is 7.71. The molecule has 0 saturated carbocycles. The van der Waals surface area contributed by atoms with Crippen LogP contribution in [0.1, 0.15) is 206 Å². The van der Waals surface area contributed by atoms with Crippen molar-refractivity contribution >= 4 is 0 Å². The monoisotopic (exact) mass is 477 g/mol. The highest BCUT2D eigenvalue weighted by Crippen LogP contribution is 2.16. The van der Waals surface area contributed by atoms with Gasteiger partial charge in [-0.2, -0.15) is 0 Å². The first-order valence-electron chi connectivity index (χ1n) is 16.5. The van der Waals surface area contributed by atoms with Crippen LogP contribution in [0.25, 0.3) is 0 Å². The summed E-state index contributed by atoms with van der Waals surface area (Å²) in [6.45, 7) is 4.43. The molecule has 0 rings (SSSR count). The molecule has 0 N–H and O–H groups in total. The normalized spacial score (nSPS) is 11.7. The lowest BCUT2D eigenvalue weighted by Gasteiger charge is -2.04. The molecule has 204 valence electrons. The van der Waals surface area contributed by atoms with Crippen molar-refractivity contribution in [1.29, 1.82) is 0 Å². The largest absolute Gasteiger partial charge is 0.0917 e. The van der Waals surface area contributed by atoms with Gasteiger partial charge in [0.15, 0.2) is 0 Å². The van der Waals surface area contributed by atoms with Crippen molar-refractivity contribution in [3.05, 3.63) is 12.2 Å². The van der Waals surface area contributed by atoms with Crippen LogP contribution in [0.4, 0.5) is 0 Å². The van der Waals surface area contributed by atoms with Crippen molar-refractivity contribution in [2.75, 3.05) is 0 Å². The Morgan fingerprint density at radius 2 is 0.500 bits per heavy atom. The van der Waals surface area contributed by atoms with Gasteiger partial charge < -0.3 is 0 Å². The lowest BCUT2D eigenvalue weighted by molar-refractivity contribution is 0.513. The second kappa shape index (κ2) is 32.7. The summed E-state index contributed by atoms with van der Waals surface area (Å²) >= 11 is 0. The van der Waals surface area contributed by atoms with Gasteiger partial charge in [-0.25, -0.2) is 0 Å². The summed E-state index contributed by atoms with van der Waals surface area (Å²) in [6, 6.07) is 0. The average molecular weight is 477 g/mol. The number of hydrogen-bond acceptors (Lipinski definition) is 0. The fourth-order valence-corrected chi connectivity index (χ4v) is 5.28. The van der Waals surface area contributed by atoms with E-state index in [0.717, 1.165) is 0 Å². The lowest BCUT2D eigenvalue weighted by atomic mass is 10.0. The molecule has 0 bridgehead atoms. The molecule has 0 aliphatic carbocycles. The second-order valence-corrected chi connectivity index (χ2v) is 11.3. The lowest BCUT2D eigenvalue weighted by Crippen LogP contribution is -1.85. The Morgan fingerprint density at radius 3 is 0.706 bits per heavy atom. The molecule has 0 fully saturated rings. The SMILES string of the molecule is CC=CCCCCCCCCCCCCCCCCCCCCCCCCCCCCCCC. The summed E-state index contributed by atoms with van der Waals surface area (Å²) in [5.74, 6) is 0. The Bertz CT molecular complexity index is 355. The Morgan fingerprint density at radius 1 is 0.294 bits per heavy atom. The summed E-state index contributed by atoms with van der Waals surface area (Å²) in [5, 5.41) is 0. The van der Waals surface area contributed by atoms with Gasteiger partial charge in [0.1, 0.15) is 0 Å². The van der Waals surface area contributed by atoms with Gasteiger partial charge in [-0.1, -0.05) is 199 Å². The van der Waals surface area contributed by atoms with Gasteiger partial charge in [-0.3, -0.25) is 0 Å². The Kier molecular flexibility index (Phi) is 32.5. The molecule has 0 saturated heterocycles. The molecular weight excluding hydrogens is 408 g/mol. The van der Waals surface area contributed by atoms with Gasteiger partial charge in [0.2, 0.25) is 0 Å². The van der Waals surface area contributed by atoms with Crippen LogP contribution in [0.15, 0.2) is 12.2 Å². The molecule has 0 aromatic carbocycles. The third kappa shape index (κ3) is 31.7. The quantitative estimate of drug-likeness (QED) is 0.0714. The molecular formula is C34H68. The first kappa shape index (κ1) is 33.7. The van der Waals surface area contributed by atoms with Gasteiger partial charge in [0.05, 0.1) is 0 Å². The summed E-state index contributed by atoms with van der Waals surface area (Å²) < 4.78 is 0. The van der Waals surface area contributed by atoms with Crippen LogP contribution in [0.2, 0.25) is 0 Å². The van der Waals surface area contributed by atoms with Crippen LogP contribution in [-0.2, 0) is 0 Å². The standard InChI is InChI=1S/C34H68/c1-3-5-7-9-11-13-15-17-19-21-23-25-27-29-31-33-34-32-30-28-26-24-22-20-18-16-14-12-10-8-6-4-2/h3,5H,4,6-34H2,1-2H3. The smallest absolute Gasteiger partial charge is 0.0351 e. The average Bonchev–Trinajstić information content (AvgIpc) is 2.85. The molecule has 0 aliphatic heterocycles. The summed E-state index contributed by atoms with van der Waals surface area (Å²) in [6.07, 6.45) is 48.6. The van der Waals surface area contributed by atoms with Crippen LogP contribution in [0.5, 0.6) is 0 Å². The fraction of sp³-hybridized carbons (Fsp3) is 0.941. The number of allylic oxidation sites excluding steroid dienone is 2. The molecule has 0 aromatic rings. The first-order valence-corrected chi connectivity index (χ1v) is 16.5. The molecule has 0 amide bonds. The van der Waals surface area contributed by atoms with Crippen LogP contribution >= 0.6 is 0 Å². The minimum absolute atomic E-state index is 1.29. The number of hydrogen-bond donors (Lipinski definition) is 0. The first-order chi connectivity index (χ1) is 16.9. The predicted octanol–water partition coefficient (Wildman–Crippen LogP) is 13.3. The molecule has 0 heteroatoms. The highest BCUT2D eigenvalue weighted by molar-refractivity contribution is 4.76. The minimum Gasteiger partial charge on any atom is -0.0917 e. The van der Waals surface area contributed by atoms with Crippen LogP contribution < -0.4 is 0 Å². The zero-order chi connectivity index (χ0) is 24.6. The van der Waals surface area contributed by atoms with E-state index in [-0.39, 0.29) is 0 Å². The van der Waals surface area contributed by atoms with Crippen LogP contribution in [0.3, 0.4) is 0 Å². The molecule has 0 radical (unpaired) electrons. The van der Waals surface area contributed by atoms with E-state index in [2.05, 4.69) is 26.0 Å². The fourth-order valence-electron chi connectivity index (χ4n) is 5.28. The number of unbranched alkanes of at least 4 members (excludes halogenated alkanes) is 29. The Labute approximate surface area is 218 Å². The molecule has 0 atom stereocenters. The van der Waals surface area contributed by atoms with Crippen molar-refractivity contribution < 1.29 is 0 Å². The van der Waals surface area contributed by atoms with Crippen molar-refractivity contribution in [2.24, 2.45) is 0 Å². The molecule has 0 nitrogen and oxygen atoms in total. The second-order valence-electron chi connectivity index (χ2n) is 11.3. The van der Waals surface area contributed by atoms with E-state index >= 15 is 0 Å². The number of rotatable bonds is 30. The third-order valence-corrected chi connectivity index (χ3v) is 7.71. The van der Waals surface area contributed by atoms with E-state index in [1.54, 1.807) is 0 Å². The van der Waals surface area contributed by atoms with Gasteiger partial charge in [-0.15, -0.1) is 0 Å². The molecule has 0 aromatic heterocycles. The van der Waals surface area contributed by atoms with Gasteiger partial charge >= 0.3 is 0 Å². The maximum Gasteiger partial charge on any atom is -0.0351 e. The summed E-state index contributed by atoms with van der Waals surface area (Å²) in [4.78, 5) is 0. The van der Waals surface area contributed by atoms with E-state index < -0.39 is 0 Å². The summed E-state index contributed by atoms with van der Waals surface area (Å²) in [5.41, 5.74) is 0. The van der Waals surface area contributed by atoms with Crippen LogP contribution in [-0.4, -0.2) is 0 Å². The Balaban J connectivity index is 3.00. The molecule has 0 unspecified atom stereocenters. The topological polar surface area (TPSA) is 0 Å². The van der Waals surface area contributed by atoms with E-state index in [1.165, 1.54) is 193 Å². The van der Waals surface area contributed by atoms with Gasteiger partial charge in [-0.05, 0) is 19.8 Å². The zero-order valence-electron chi connectivity index (χ0n) is 24.4. The minimum atomic E-state index is 1.29.